The molecule has 0 bridgehead atoms. The fourth-order valence-electron chi connectivity index (χ4n) is 2.72. The van der Waals surface area contributed by atoms with Gasteiger partial charge < -0.3 is 14.0 Å². The monoisotopic (exact) mass is 396 g/mol. The Balaban J connectivity index is 2.01. The molecule has 2 aromatic carbocycles. The predicted molar refractivity (Wildman–Crippen MR) is 109 cm³/mol. The zero-order chi connectivity index (χ0) is 20.1. The van der Waals surface area contributed by atoms with Gasteiger partial charge in [-0.25, -0.2) is 4.79 Å². The molecule has 0 aliphatic heterocycles. The van der Waals surface area contributed by atoms with Crippen molar-refractivity contribution in [3.8, 4) is 5.75 Å². The number of fused-ring (bicyclic) bond motifs is 1. The summed E-state index contributed by atoms with van der Waals surface area (Å²) in [5.41, 5.74) is 1.73. The molecule has 0 saturated carbocycles. The Labute approximate surface area is 166 Å². The Kier molecular flexibility index (Phi) is 6.06. The molecule has 1 amide bonds. The number of amides is 1. The van der Waals surface area contributed by atoms with Crippen LogP contribution < -0.4 is 9.54 Å². The van der Waals surface area contributed by atoms with E-state index in [0.717, 1.165) is 16.0 Å². The molecule has 0 aliphatic carbocycles. The van der Waals surface area contributed by atoms with Crippen molar-refractivity contribution < 1.29 is 19.1 Å². The van der Waals surface area contributed by atoms with Crippen molar-refractivity contribution in [2.75, 3.05) is 13.7 Å². The van der Waals surface area contributed by atoms with Crippen LogP contribution in [-0.2, 0) is 11.3 Å². The number of esters is 1. The second kappa shape index (κ2) is 8.67. The molecule has 1 aromatic heterocycles. The molecule has 0 spiro atoms. The van der Waals surface area contributed by atoms with Crippen LogP contribution in [0.15, 0.2) is 60.1 Å². The summed E-state index contributed by atoms with van der Waals surface area (Å²) in [5, 5.41) is 0. The normalized spacial score (nSPS) is 11.4. The maximum absolute atomic E-state index is 12.6. The minimum atomic E-state index is -0.450. The second-order valence-electron chi connectivity index (χ2n) is 5.83. The lowest BCUT2D eigenvalue weighted by Crippen LogP contribution is -2.16. The van der Waals surface area contributed by atoms with E-state index >= 15 is 0 Å². The molecule has 3 aromatic rings. The number of carbonyl (C=O) groups is 2. The Bertz CT molecular complexity index is 1090. The van der Waals surface area contributed by atoms with Crippen LogP contribution in [0, 0.1) is 0 Å². The quantitative estimate of drug-likeness (QED) is 0.469. The maximum Gasteiger partial charge on any atom is 0.337 e. The molecular formula is C21H20N2O4S. The van der Waals surface area contributed by atoms with Crippen molar-refractivity contribution in [1.82, 2.24) is 4.57 Å². The standard InChI is InChI=1S/C21H20N2O4S/c1-4-12-23-17-11-10-16(27-5-2)13-18(17)28-21(23)22-19(24)14-6-8-15(9-7-14)20(25)26-3/h4,6-11,13H,1,5,12H2,2-3H3. The summed E-state index contributed by atoms with van der Waals surface area (Å²) in [7, 11) is 1.31. The van der Waals surface area contributed by atoms with Gasteiger partial charge in [-0.15, -0.1) is 6.58 Å². The van der Waals surface area contributed by atoms with Crippen LogP contribution in [0.2, 0.25) is 0 Å². The lowest BCUT2D eigenvalue weighted by atomic mass is 10.1. The lowest BCUT2D eigenvalue weighted by molar-refractivity contribution is 0.0600. The molecular weight excluding hydrogens is 376 g/mol. The molecule has 0 saturated heterocycles. The number of hydrogen-bond donors (Lipinski definition) is 0. The summed E-state index contributed by atoms with van der Waals surface area (Å²) in [6.45, 7) is 6.84. The first kappa shape index (κ1) is 19.6. The second-order valence-corrected chi connectivity index (χ2v) is 6.84. The van der Waals surface area contributed by atoms with Gasteiger partial charge in [0.15, 0.2) is 4.80 Å². The molecule has 0 fully saturated rings. The van der Waals surface area contributed by atoms with Gasteiger partial charge in [0.2, 0.25) is 0 Å². The lowest BCUT2D eigenvalue weighted by Gasteiger charge is -2.04. The zero-order valence-electron chi connectivity index (χ0n) is 15.7. The van der Waals surface area contributed by atoms with Gasteiger partial charge in [-0.2, -0.15) is 4.99 Å². The summed E-state index contributed by atoms with van der Waals surface area (Å²) >= 11 is 1.41. The molecule has 7 heteroatoms. The number of hydrogen-bond acceptors (Lipinski definition) is 5. The Hall–Kier alpha value is -3.19. The van der Waals surface area contributed by atoms with Crippen LogP contribution in [0.5, 0.6) is 5.75 Å². The third-order valence-electron chi connectivity index (χ3n) is 4.03. The first-order chi connectivity index (χ1) is 13.6. The van der Waals surface area contributed by atoms with Gasteiger partial charge in [-0.1, -0.05) is 17.4 Å². The van der Waals surface area contributed by atoms with Gasteiger partial charge in [-0.3, -0.25) is 4.79 Å². The van der Waals surface area contributed by atoms with Crippen LogP contribution >= 0.6 is 11.3 Å². The van der Waals surface area contributed by atoms with E-state index in [4.69, 9.17) is 4.74 Å². The largest absolute Gasteiger partial charge is 0.494 e. The van der Waals surface area contributed by atoms with Crippen molar-refractivity contribution in [1.29, 1.82) is 0 Å². The highest BCUT2D eigenvalue weighted by molar-refractivity contribution is 7.16. The Morgan fingerprint density at radius 3 is 2.54 bits per heavy atom. The van der Waals surface area contributed by atoms with Crippen LogP contribution in [0.1, 0.15) is 27.6 Å². The topological polar surface area (TPSA) is 69.9 Å². The van der Waals surface area contributed by atoms with E-state index in [0.29, 0.717) is 29.1 Å². The average Bonchev–Trinajstić information content (AvgIpc) is 3.04. The van der Waals surface area contributed by atoms with Crippen LogP contribution in [0.4, 0.5) is 0 Å². The van der Waals surface area contributed by atoms with E-state index < -0.39 is 5.97 Å². The van der Waals surface area contributed by atoms with E-state index in [9.17, 15) is 9.59 Å². The van der Waals surface area contributed by atoms with E-state index in [-0.39, 0.29) is 5.91 Å². The van der Waals surface area contributed by atoms with Crippen LogP contribution in [-0.4, -0.2) is 30.2 Å². The SMILES string of the molecule is C=CCn1c(=NC(=O)c2ccc(C(=O)OC)cc2)sc2cc(OCC)ccc21. The number of methoxy groups -OCH3 is 1. The first-order valence-electron chi connectivity index (χ1n) is 8.72. The molecule has 0 aliphatic rings. The average molecular weight is 396 g/mol. The molecule has 0 unspecified atom stereocenters. The van der Waals surface area contributed by atoms with E-state index in [1.807, 2.05) is 29.7 Å². The fraction of sp³-hybridized carbons (Fsp3) is 0.190. The third-order valence-corrected chi connectivity index (χ3v) is 5.07. The van der Waals surface area contributed by atoms with Gasteiger partial charge >= 0.3 is 5.97 Å². The number of allylic oxidation sites excluding steroid dienone is 1. The van der Waals surface area contributed by atoms with E-state index in [1.54, 1.807) is 30.3 Å². The number of thiazole rings is 1. The highest BCUT2D eigenvalue weighted by Gasteiger charge is 2.11. The zero-order valence-corrected chi connectivity index (χ0v) is 16.5. The third kappa shape index (κ3) is 4.04. The molecule has 28 heavy (non-hydrogen) atoms. The summed E-state index contributed by atoms with van der Waals surface area (Å²) in [6.07, 6.45) is 1.76. The highest BCUT2D eigenvalue weighted by Crippen LogP contribution is 2.23. The number of ether oxygens (including phenoxy) is 2. The number of rotatable bonds is 6. The molecule has 0 atom stereocenters. The van der Waals surface area contributed by atoms with Crippen molar-refractivity contribution in [3.63, 3.8) is 0 Å². The Morgan fingerprint density at radius 1 is 1.18 bits per heavy atom. The van der Waals surface area contributed by atoms with Crippen molar-refractivity contribution >= 4 is 33.4 Å². The molecule has 144 valence electrons. The first-order valence-corrected chi connectivity index (χ1v) is 9.53. The van der Waals surface area contributed by atoms with Crippen molar-refractivity contribution in [2.24, 2.45) is 4.99 Å². The maximum atomic E-state index is 12.6. The summed E-state index contributed by atoms with van der Waals surface area (Å²) < 4.78 is 13.1. The van der Waals surface area contributed by atoms with Crippen LogP contribution in [0.3, 0.4) is 0 Å². The number of benzene rings is 2. The Morgan fingerprint density at radius 2 is 1.89 bits per heavy atom. The van der Waals surface area contributed by atoms with Crippen LogP contribution in [0.25, 0.3) is 10.2 Å². The summed E-state index contributed by atoms with van der Waals surface area (Å²) in [6, 6.07) is 12.0. The van der Waals surface area contributed by atoms with Crippen molar-refractivity contribution in [3.05, 3.63) is 71.0 Å². The van der Waals surface area contributed by atoms with Gasteiger partial charge in [0.25, 0.3) is 5.91 Å². The molecule has 1 heterocycles. The van der Waals surface area contributed by atoms with Gasteiger partial charge in [-0.05, 0) is 49.4 Å². The number of nitrogens with zero attached hydrogens (tertiary/aromatic N) is 2. The highest BCUT2D eigenvalue weighted by atomic mass is 32.1. The van der Waals surface area contributed by atoms with Gasteiger partial charge in [0.05, 0.1) is 29.5 Å². The number of carbonyl (C=O) groups excluding carboxylic acids is 2. The molecule has 3 rings (SSSR count). The van der Waals surface area contributed by atoms with Gasteiger partial charge in [0.1, 0.15) is 5.75 Å². The summed E-state index contributed by atoms with van der Waals surface area (Å²) in [5.74, 6) is -0.0570. The molecule has 6 nitrogen and oxygen atoms in total. The van der Waals surface area contributed by atoms with Crippen molar-refractivity contribution in [2.45, 2.75) is 13.5 Å². The van der Waals surface area contributed by atoms with Gasteiger partial charge in [0, 0.05) is 12.1 Å². The minimum Gasteiger partial charge on any atom is -0.494 e. The molecule has 0 radical (unpaired) electrons. The fourth-order valence-corrected chi connectivity index (χ4v) is 3.79. The number of aromatic nitrogens is 1. The minimum absolute atomic E-state index is 0.381. The predicted octanol–water partition coefficient (Wildman–Crippen LogP) is 3.82. The van der Waals surface area contributed by atoms with E-state index in [1.165, 1.54) is 18.4 Å². The molecule has 0 N–H and O–H groups in total. The van der Waals surface area contributed by atoms with E-state index in [2.05, 4.69) is 16.3 Å². The smallest absolute Gasteiger partial charge is 0.337 e. The summed E-state index contributed by atoms with van der Waals surface area (Å²) in [4.78, 5) is 29.0.